The van der Waals surface area contributed by atoms with Crippen molar-refractivity contribution in [3.63, 3.8) is 0 Å². The average Bonchev–Trinajstić information content (AvgIpc) is 2.88. The van der Waals surface area contributed by atoms with Crippen molar-refractivity contribution in [3.8, 4) is 11.5 Å². The van der Waals surface area contributed by atoms with Gasteiger partial charge in [-0.1, -0.05) is 12.8 Å². The third kappa shape index (κ3) is 2.07. The molecule has 0 aromatic heterocycles. The Bertz CT molecular complexity index is 557. The summed E-state index contributed by atoms with van der Waals surface area (Å²) in [5.41, 5.74) is -1.13. The van der Waals surface area contributed by atoms with E-state index in [0.29, 0.717) is 18.4 Å². The van der Waals surface area contributed by atoms with Crippen molar-refractivity contribution in [2.45, 2.75) is 31.1 Å². The molecule has 0 saturated heterocycles. The quantitative estimate of drug-likeness (QED) is 0.779. The van der Waals surface area contributed by atoms with Crippen LogP contribution in [0.5, 0.6) is 11.5 Å². The molecule has 0 bridgehead atoms. The van der Waals surface area contributed by atoms with Crippen LogP contribution in [0.25, 0.3) is 0 Å². The number of ether oxygens (including phenoxy) is 1. The van der Waals surface area contributed by atoms with Gasteiger partial charge in [0.2, 0.25) is 0 Å². The molecular weight excluding hydrogens is 264 g/mol. The van der Waals surface area contributed by atoms with Gasteiger partial charge >= 0.3 is 11.9 Å². The van der Waals surface area contributed by atoms with Crippen LogP contribution in [0.4, 0.5) is 0 Å². The van der Waals surface area contributed by atoms with Crippen molar-refractivity contribution in [1.82, 2.24) is 0 Å². The Morgan fingerprint density at radius 1 is 1.20 bits per heavy atom. The van der Waals surface area contributed by atoms with Gasteiger partial charge in [-0.05, 0) is 18.9 Å². The molecule has 0 atom stereocenters. The molecule has 0 amide bonds. The van der Waals surface area contributed by atoms with Crippen LogP contribution in [0.1, 0.15) is 41.6 Å². The van der Waals surface area contributed by atoms with Gasteiger partial charge in [-0.15, -0.1) is 0 Å². The first-order valence-electron chi connectivity index (χ1n) is 6.30. The van der Waals surface area contributed by atoms with Crippen LogP contribution in [-0.2, 0) is 10.2 Å². The number of carbonyl (C=O) groups is 2. The van der Waals surface area contributed by atoms with E-state index in [1.54, 1.807) is 0 Å². The second-order valence-corrected chi connectivity index (χ2v) is 4.97. The number of aromatic hydroxyl groups is 1. The molecule has 1 fully saturated rings. The zero-order chi connectivity index (χ0) is 14.9. The third-order valence-corrected chi connectivity index (χ3v) is 3.93. The van der Waals surface area contributed by atoms with Crippen molar-refractivity contribution in [2.75, 3.05) is 7.11 Å². The van der Waals surface area contributed by atoms with Crippen LogP contribution in [0, 0.1) is 0 Å². The van der Waals surface area contributed by atoms with Crippen molar-refractivity contribution in [3.05, 3.63) is 23.3 Å². The molecule has 0 radical (unpaired) electrons. The van der Waals surface area contributed by atoms with Gasteiger partial charge in [-0.3, -0.25) is 4.79 Å². The minimum Gasteiger partial charge on any atom is -0.507 e. The number of rotatable bonds is 4. The summed E-state index contributed by atoms with van der Waals surface area (Å²) in [6.45, 7) is 0. The maximum atomic E-state index is 11.7. The summed E-state index contributed by atoms with van der Waals surface area (Å²) in [5, 5.41) is 28.3. The predicted octanol–water partition coefficient (Wildman–Crippen LogP) is 2.00. The maximum absolute atomic E-state index is 11.7. The number of methoxy groups -OCH3 is 1. The fraction of sp³-hybridized carbons (Fsp3) is 0.429. The standard InChI is InChI=1S/C14H16O6/c1-20-11-7-10(15)8(12(16)17)6-9(11)14(13(18)19)4-2-3-5-14/h6-7,15H,2-5H2,1H3,(H,16,17)(H,18,19). The van der Waals surface area contributed by atoms with Crippen LogP contribution in [0.15, 0.2) is 12.1 Å². The first kappa shape index (κ1) is 14.2. The number of hydrogen-bond acceptors (Lipinski definition) is 4. The van der Waals surface area contributed by atoms with E-state index in [2.05, 4.69) is 0 Å². The van der Waals surface area contributed by atoms with E-state index >= 15 is 0 Å². The summed E-state index contributed by atoms with van der Waals surface area (Å²) in [5.74, 6) is -2.52. The zero-order valence-corrected chi connectivity index (χ0v) is 11.0. The minimum atomic E-state index is -1.30. The van der Waals surface area contributed by atoms with Gasteiger partial charge in [-0.25, -0.2) is 4.79 Å². The highest BCUT2D eigenvalue weighted by molar-refractivity contribution is 5.93. The molecule has 1 aromatic carbocycles. The monoisotopic (exact) mass is 280 g/mol. The summed E-state index contributed by atoms with van der Waals surface area (Å²) in [6.07, 6.45) is 2.39. The first-order valence-corrected chi connectivity index (χ1v) is 6.30. The normalized spacial score (nSPS) is 16.9. The lowest BCUT2D eigenvalue weighted by Gasteiger charge is -2.26. The summed E-state index contributed by atoms with van der Waals surface area (Å²) in [6, 6.07) is 2.39. The SMILES string of the molecule is COc1cc(O)c(C(=O)O)cc1C1(C(=O)O)CCCC1. The lowest BCUT2D eigenvalue weighted by molar-refractivity contribution is -0.143. The zero-order valence-electron chi connectivity index (χ0n) is 11.0. The van der Waals surface area contributed by atoms with E-state index in [9.17, 15) is 19.8 Å². The number of hydrogen-bond donors (Lipinski definition) is 3. The van der Waals surface area contributed by atoms with E-state index < -0.39 is 23.1 Å². The largest absolute Gasteiger partial charge is 0.507 e. The summed E-state index contributed by atoms with van der Waals surface area (Å²) >= 11 is 0. The number of aromatic carboxylic acids is 1. The fourth-order valence-electron chi connectivity index (χ4n) is 2.86. The number of phenols is 1. The molecule has 3 N–H and O–H groups in total. The van der Waals surface area contributed by atoms with E-state index in [1.165, 1.54) is 19.2 Å². The Morgan fingerprint density at radius 3 is 2.25 bits per heavy atom. The van der Waals surface area contributed by atoms with Crippen LogP contribution in [0.3, 0.4) is 0 Å². The molecule has 20 heavy (non-hydrogen) atoms. The molecule has 2 rings (SSSR count). The Kier molecular flexibility index (Phi) is 3.57. The van der Waals surface area contributed by atoms with Crippen molar-refractivity contribution >= 4 is 11.9 Å². The van der Waals surface area contributed by atoms with E-state index in [0.717, 1.165) is 12.8 Å². The number of carboxylic acids is 2. The predicted molar refractivity (Wildman–Crippen MR) is 69.4 cm³/mol. The molecule has 0 unspecified atom stereocenters. The van der Waals surface area contributed by atoms with Crippen LogP contribution >= 0.6 is 0 Å². The second kappa shape index (κ2) is 5.03. The number of benzene rings is 1. The van der Waals surface area contributed by atoms with E-state index in [1.807, 2.05) is 0 Å². The smallest absolute Gasteiger partial charge is 0.339 e. The summed E-state index contributed by atoms with van der Waals surface area (Å²) in [7, 11) is 1.36. The van der Waals surface area contributed by atoms with Gasteiger partial charge in [0.15, 0.2) is 0 Å². The van der Waals surface area contributed by atoms with Crippen LogP contribution in [0.2, 0.25) is 0 Å². The van der Waals surface area contributed by atoms with Gasteiger partial charge in [0.1, 0.15) is 17.1 Å². The molecule has 6 nitrogen and oxygen atoms in total. The Balaban J connectivity index is 2.67. The molecule has 1 aliphatic carbocycles. The highest BCUT2D eigenvalue weighted by atomic mass is 16.5. The van der Waals surface area contributed by atoms with Gasteiger partial charge in [0, 0.05) is 11.6 Å². The molecule has 0 spiro atoms. The van der Waals surface area contributed by atoms with Crippen LogP contribution < -0.4 is 4.74 Å². The minimum absolute atomic E-state index is 0.205. The number of carboxylic acid groups (broad SMARTS) is 2. The van der Waals surface area contributed by atoms with Crippen molar-refractivity contribution in [1.29, 1.82) is 0 Å². The van der Waals surface area contributed by atoms with E-state index in [-0.39, 0.29) is 11.3 Å². The first-order chi connectivity index (χ1) is 9.42. The topological polar surface area (TPSA) is 104 Å². The van der Waals surface area contributed by atoms with Gasteiger partial charge < -0.3 is 20.1 Å². The Morgan fingerprint density at radius 2 is 1.80 bits per heavy atom. The number of aliphatic carboxylic acids is 1. The molecule has 1 aromatic rings. The molecule has 1 aliphatic rings. The van der Waals surface area contributed by atoms with E-state index in [4.69, 9.17) is 9.84 Å². The fourth-order valence-corrected chi connectivity index (χ4v) is 2.86. The van der Waals surface area contributed by atoms with Crippen LogP contribution in [-0.4, -0.2) is 34.4 Å². The highest BCUT2D eigenvalue weighted by Gasteiger charge is 2.45. The maximum Gasteiger partial charge on any atom is 0.339 e. The lowest BCUT2D eigenvalue weighted by atomic mass is 9.77. The summed E-state index contributed by atoms with van der Waals surface area (Å²) < 4.78 is 5.13. The van der Waals surface area contributed by atoms with Crippen molar-refractivity contribution < 1.29 is 29.6 Å². The lowest BCUT2D eigenvalue weighted by Crippen LogP contribution is -2.33. The van der Waals surface area contributed by atoms with Gasteiger partial charge in [-0.2, -0.15) is 0 Å². The van der Waals surface area contributed by atoms with Gasteiger partial charge in [0.05, 0.1) is 12.5 Å². The Labute approximate surface area is 115 Å². The third-order valence-electron chi connectivity index (χ3n) is 3.93. The molecule has 0 aliphatic heterocycles. The van der Waals surface area contributed by atoms with Crippen molar-refractivity contribution in [2.24, 2.45) is 0 Å². The Hall–Kier alpha value is -2.24. The molecule has 1 saturated carbocycles. The summed E-state index contributed by atoms with van der Waals surface area (Å²) in [4.78, 5) is 22.8. The second-order valence-electron chi connectivity index (χ2n) is 4.97. The van der Waals surface area contributed by atoms with Gasteiger partial charge in [0.25, 0.3) is 0 Å². The average molecular weight is 280 g/mol. The molecule has 108 valence electrons. The highest BCUT2D eigenvalue weighted by Crippen LogP contribution is 2.46. The molecule has 0 heterocycles. The molecular formula is C14H16O6. The molecule has 6 heteroatoms.